The average molecular weight is 295 g/mol. The van der Waals surface area contributed by atoms with Gasteiger partial charge in [0.1, 0.15) is 11.4 Å². The van der Waals surface area contributed by atoms with E-state index in [4.69, 9.17) is 9.84 Å². The number of amides is 1. The summed E-state index contributed by atoms with van der Waals surface area (Å²) in [5, 5.41) is 22.3. The van der Waals surface area contributed by atoms with Crippen molar-refractivity contribution in [1.82, 2.24) is 5.32 Å². The molecule has 1 aromatic carbocycles. The molecule has 8 heteroatoms. The third kappa shape index (κ3) is 3.53. The molecule has 8 nitrogen and oxygen atoms in total. The molecule has 0 spiro atoms. The first-order valence-electron chi connectivity index (χ1n) is 6.58. The molecule has 1 fully saturated rings. The summed E-state index contributed by atoms with van der Waals surface area (Å²) < 4.78 is 5.01. The van der Waals surface area contributed by atoms with Gasteiger partial charge in [-0.15, -0.1) is 0 Å². The van der Waals surface area contributed by atoms with E-state index < -0.39 is 11.0 Å². The van der Waals surface area contributed by atoms with Crippen molar-refractivity contribution in [2.24, 2.45) is 0 Å². The zero-order chi connectivity index (χ0) is 15.4. The fourth-order valence-electron chi connectivity index (χ4n) is 2.48. The summed E-state index contributed by atoms with van der Waals surface area (Å²) in [7, 11) is 1.46. The zero-order valence-electron chi connectivity index (χ0n) is 11.6. The van der Waals surface area contributed by atoms with Crippen LogP contribution in [0.15, 0.2) is 18.2 Å². The SMILES string of the molecule is COc1ccc(N2CCC(NC(=O)O)CC2)c([N+](=O)[O-])c1. The summed E-state index contributed by atoms with van der Waals surface area (Å²) in [6, 6.07) is 4.65. The smallest absolute Gasteiger partial charge is 0.404 e. The largest absolute Gasteiger partial charge is 0.496 e. The number of methoxy groups -OCH3 is 1. The van der Waals surface area contributed by atoms with Crippen LogP contribution in [0.25, 0.3) is 0 Å². The highest BCUT2D eigenvalue weighted by Crippen LogP contribution is 2.33. The fraction of sp³-hybridized carbons (Fsp3) is 0.462. The number of hydrogen-bond acceptors (Lipinski definition) is 5. The number of nitrogens with one attached hydrogen (secondary N) is 1. The summed E-state index contributed by atoms with van der Waals surface area (Å²) in [6.07, 6.45) is 0.203. The van der Waals surface area contributed by atoms with E-state index in [2.05, 4.69) is 5.32 Å². The Labute approximate surface area is 121 Å². The standard InChI is InChI=1S/C13H17N3O5/c1-21-10-2-3-11(12(8-10)16(19)20)15-6-4-9(5-7-15)14-13(17)18/h2-3,8-9,14H,4-7H2,1H3,(H,17,18). The first kappa shape index (κ1) is 14.9. The van der Waals surface area contributed by atoms with Crippen molar-refractivity contribution in [3.63, 3.8) is 0 Å². The van der Waals surface area contributed by atoms with E-state index in [0.29, 0.717) is 37.4 Å². The van der Waals surface area contributed by atoms with Gasteiger partial charge in [-0.25, -0.2) is 4.79 Å². The molecule has 0 aromatic heterocycles. The lowest BCUT2D eigenvalue weighted by Gasteiger charge is -2.33. The molecule has 0 unspecified atom stereocenters. The van der Waals surface area contributed by atoms with E-state index in [1.54, 1.807) is 12.1 Å². The van der Waals surface area contributed by atoms with Crippen LogP contribution in [0.2, 0.25) is 0 Å². The molecule has 0 atom stereocenters. The maximum atomic E-state index is 11.2. The van der Waals surface area contributed by atoms with Crippen LogP contribution in [0.3, 0.4) is 0 Å². The second kappa shape index (κ2) is 6.29. The van der Waals surface area contributed by atoms with E-state index in [1.807, 2.05) is 4.90 Å². The Morgan fingerprint density at radius 1 is 1.48 bits per heavy atom. The molecule has 1 aliphatic heterocycles. The van der Waals surface area contributed by atoms with Gasteiger partial charge in [0.05, 0.1) is 18.1 Å². The first-order valence-corrected chi connectivity index (χ1v) is 6.58. The molecule has 2 rings (SSSR count). The number of anilines is 1. The molecule has 114 valence electrons. The van der Waals surface area contributed by atoms with Gasteiger partial charge in [0, 0.05) is 19.1 Å². The van der Waals surface area contributed by atoms with Crippen LogP contribution in [-0.4, -0.2) is 42.4 Å². The summed E-state index contributed by atoms with van der Waals surface area (Å²) >= 11 is 0. The lowest BCUT2D eigenvalue weighted by molar-refractivity contribution is -0.384. The molecule has 0 bridgehead atoms. The fourth-order valence-corrected chi connectivity index (χ4v) is 2.48. The van der Waals surface area contributed by atoms with Crippen molar-refractivity contribution in [2.45, 2.75) is 18.9 Å². The second-order valence-corrected chi connectivity index (χ2v) is 4.82. The van der Waals surface area contributed by atoms with E-state index in [0.717, 1.165) is 0 Å². The summed E-state index contributed by atoms with van der Waals surface area (Å²) in [5.74, 6) is 0.438. The van der Waals surface area contributed by atoms with Crippen LogP contribution < -0.4 is 15.0 Å². The maximum absolute atomic E-state index is 11.2. The number of rotatable bonds is 4. The first-order chi connectivity index (χ1) is 10.0. The van der Waals surface area contributed by atoms with Gasteiger partial charge in [0.15, 0.2) is 0 Å². The molecule has 0 aliphatic carbocycles. The molecular weight excluding hydrogens is 278 g/mol. The van der Waals surface area contributed by atoms with E-state index in [9.17, 15) is 14.9 Å². The molecule has 1 saturated heterocycles. The van der Waals surface area contributed by atoms with Crippen molar-refractivity contribution in [3.05, 3.63) is 28.3 Å². The number of piperidine rings is 1. The summed E-state index contributed by atoms with van der Waals surface area (Å²) in [5.41, 5.74) is 0.536. The number of benzene rings is 1. The monoisotopic (exact) mass is 295 g/mol. The van der Waals surface area contributed by atoms with Crippen LogP contribution in [0, 0.1) is 10.1 Å². The molecule has 1 heterocycles. The van der Waals surface area contributed by atoms with Crippen LogP contribution in [0.4, 0.5) is 16.2 Å². The molecule has 2 N–H and O–H groups in total. The van der Waals surface area contributed by atoms with Crippen LogP contribution in [0.5, 0.6) is 5.75 Å². The number of nitro groups is 1. The molecule has 0 radical (unpaired) electrons. The minimum Gasteiger partial charge on any atom is -0.496 e. The number of carbonyl (C=O) groups is 1. The molecule has 0 saturated carbocycles. The van der Waals surface area contributed by atoms with E-state index in [1.165, 1.54) is 13.2 Å². The lowest BCUT2D eigenvalue weighted by Crippen LogP contribution is -2.44. The van der Waals surface area contributed by atoms with Crippen molar-refractivity contribution >= 4 is 17.5 Å². The normalized spacial score (nSPS) is 15.6. The topological polar surface area (TPSA) is 105 Å². The summed E-state index contributed by atoms with van der Waals surface area (Å²) in [6.45, 7) is 1.14. The third-order valence-corrected chi connectivity index (χ3v) is 3.54. The van der Waals surface area contributed by atoms with Crippen molar-refractivity contribution in [3.8, 4) is 5.75 Å². The van der Waals surface area contributed by atoms with Gasteiger partial charge in [-0.3, -0.25) is 10.1 Å². The number of nitrogens with zero attached hydrogens (tertiary/aromatic N) is 2. The van der Waals surface area contributed by atoms with E-state index in [-0.39, 0.29) is 11.7 Å². The average Bonchev–Trinajstić information content (AvgIpc) is 2.47. The highest BCUT2D eigenvalue weighted by molar-refractivity contribution is 5.66. The lowest BCUT2D eigenvalue weighted by atomic mass is 10.0. The molecule has 1 amide bonds. The van der Waals surface area contributed by atoms with E-state index >= 15 is 0 Å². The van der Waals surface area contributed by atoms with Crippen molar-refractivity contribution < 1.29 is 19.6 Å². The predicted molar refractivity (Wildman–Crippen MR) is 76.0 cm³/mol. The minimum absolute atomic E-state index is 0.000932. The van der Waals surface area contributed by atoms with Gasteiger partial charge in [0.2, 0.25) is 0 Å². The third-order valence-electron chi connectivity index (χ3n) is 3.54. The van der Waals surface area contributed by atoms with Crippen LogP contribution >= 0.6 is 0 Å². The summed E-state index contributed by atoms with van der Waals surface area (Å²) in [4.78, 5) is 23.3. The Hall–Kier alpha value is -2.51. The van der Waals surface area contributed by atoms with Gasteiger partial charge in [-0.05, 0) is 25.0 Å². The maximum Gasteiger partial charge on any atom is 0.404 e. The molecule has 21 heavy (non-hydrogen) atoms. The molecule has 1 aromatic rings. The van der Waals surface area contributed by atoms with Crippen LogP contribution in [-0.2, 0) is 0 Å². The Morgan fingerprint density at radius 3 is 2.67 bits per heavy atom. The Kier molecular flexibility index (Phi) is 4.46. The molecule has 1 aliphatic rings. The van der Waals surface area contributed by atoms with Crippen molar-refractivity contribution in [2.75, 3.05) is 25.1 Å². The Bertz CT molecular complexity index is 541. The highest BCUT2D eigenvalue weighted by atomic mass is 16.6. The minimum atomic E-state index is -1.04. The van der Waals surface area contributed by atoms with Gasteiger partial charge >= 0.3 is 6.09 Å². The van der Waals surface area contributed by atoms with Crippen molar-refractivity contribution in [1.29, 1.82) is 0 Å². The van der Waals surface area contributed by atoms with Gasteiger partial charge in [0.25, 0.3) is 5.69 Å². The van der Waals surface area contributed by atoms with Gasteiger partial charge in [-0.1, -0.05) is 0 Å². The number of hydrogen-bond donors (Lipinski definition) is 2. The zero-order valence-corrected chi connectivity index (χ0v) is 11.6. The number of carboxylic acid groups (broad SMARTS) is 1. The van der Waals surface area contributed by atoms with Crippen LogP contribution in [0.1, 0.15) is 12.8 Å². The van der Waals surface area contributed by atoms with Gasteiger partial charge < -0.3 is 20.1 Å². The molecular formula is C13H17N3O5. The second-order valence-electron chi connectivity index (χ2n) is 4.82. The predicted octanol–water partition coefficient (Wildman–Crippen LogP) is 1.84. The van der Waals surface area contributed by atoms with Gasteiger partial charge in [-0.2, -0.15) is 0 Å². The number of nitro benzene ring substituents is 1. The Morgan fingerprint density at radius 2 is 2.14 bits per heavy atom. The number of ether oxygens (including phenoxy) is 1. The quantitative estimate of drug-likeness (QED) is 0.648. The Balaban J connectivity index is 2.12. The highest BCUT2D eigenvalue weighted by Gasteiger charge is 2.25.